The molecule has 0 aliphatic carbocycles. The van der Waals surface area contributed by atoms with E-state index in [4.69, 9.17) is 0 Å². The molecular formula is C16H18FNO. The normalized spacial score (nSPS) is 12.3. The molecule has 0 aromatic heterocycles. The summed E-state index contributed by atoms with van der Waals surface area (Å²) < 4.78 is 12.8. The van der Waals surface area contributed by atoms with E-state index >= 15 is 0 Å². The molecule has 0 bridgehead atoms. The van der Waals surface area contributed by atoms with Crippen molar-refractivity contribution in [3.8, 4) is 5.75 Å². The highest BCUT2D eigenvalue weighted by atomic mass is 19.1. The quantitative estimate of drug-likeness (QED) is 0.856. The molecule has 0 aliphatic rings. The van der Waals surface area contributed by atoms with Crippen molar-refractivity contribution in [1.29, 1.82) is 0 Å². The second kappa shape index (κ2) is 6.34. The number of para-hydroxylation sites is 1. The summed E-state index contributed by atoms with van der Waals surface area (Å²) in [7, 11) is 0. The van der Waals surface area contributed by atoms with E-state index in [1.54, 1.807) is 18.2 Å². The number of nitrogens with one attached hydrogen (secondary N) is 1. The van der Waals surface area contributed by atoms with Crippen LogP contribution in [-0.2, 0) is 6.54 Å². The fourth-order valence-corrected chi connectivity index (χ4v) is 2.10. The summed E-state index contributed by atoms with van der Waals surface area (Å²) in [5.74, 6) is 0.0810. The second-order valence-electron chi connectivity index (χ2n) is 4.53. The highest BCUT2D eigenvalue weighted by Gasteiger charge is 2.12. The van der Waals surface area contributed by atoms with Gasteiger partial charge in [-0.2, -0.15) is 0 Å². The lowest BCUT2D eigenvalue weighted by Crippen LogP contribution is -2.20. The number of hydrogen-bond donors (Lipinski definition) is 2. The molecule has 0 heterocycles. The second-order valence-corrected chi connectivity index (χ2v) is 4.53. The van der Waals surface area contributed by atoms with Crippen molar-refractivity contribution < 1.29 is 9.50 Å². The smallest absolute Gasteiger partial charge is 0.123 e. The summed E-state index contributed by atoms with van der Waals surface area (Å²) in [6.45, 7) is 2.71. The molecule has 2 aromatic carbocycles. The standard InChI is InChI=1S/C16H18FNO/c1-2-15(14-5-3-4-6-16(14)19)18-11-12-7-9-13(17)10-8-12/h3-10,15,18-19H,2,11H2,1H3. The van der Waals surface area contributed by atoms with E-state index in [0.29, 0.717) is 12.3 Å². The SMILES string of the molecule is CCC(NCc1ccc(F)cc1)c1ccccc1O. The lowest BCUT2D eigenvalue weighted by atomic mass is 10.0. The molecule has 100 valence electrons. The molecule has 0 amide bonds. The Balaban J connectivity index is 2.04. The van der Waals surface area contributed by atoms with Gasteiger partial charge in [0.05, 0.1) is 0 Å². The molecule has 2 rings (SSSR count). The predicted octanol–water partition coefficient (Wildman–Crippen LogP) is 3.77. The van der Waals surface area contributed by atoms with Crippen LogP contribution in [0.25, 0.3) is 0 Å². The molecule has 0 saturated heterocycles. The van der Waals surface area contributed by atoms with Crippen molar-refractivity contribution in [2.45, 2.75) is 25.9 Å². The average molecular weight is 259 g/mol. The van der Waals surface area contributed by atoms with Crippen molar-refractivity contribution in [1.82, 2.24) is 5.32 Å². The van der Waals surface area contributed by atoms with E-state index < -0.39 is 0 Å². The first-order chi connectivity index (χ1) is 9.20. The number of benzene rings is 2. The van der Waals surface area contributed by atoms with Crippen LogP contribution in [0.2, 0.25) is 0 Å². The highest BCUT2D eigenvalue weighted by Crippen LogP contribution is 2.26. The predicted molar refractivity (Wildman–Crippen MR) is 74.4 cm³/mol. The topological polar surface area (TPSA) is 32.3 Å². The van der Waals surface area contributed by atoms with Gasteiger partial charge in [-0.15, -0.1) is 0 Å². The first-order valence-corrected chi connectivity index (χ1v) is 6.46. The Labute approximate surface area is 112 Å². The van der Waals surface area contributed by atoms with Crippen molar-refractivity contribution in [2.75, 3.05) is 0 Å². The summed E-state index contributed by atoms with van der Waals surface area (Å²) in [6.07, 6.45) is 0.874. The Bertz CT molecular complexity index is 525. The van der Waals surface area contributed by atoms with Crippen molar-refractivity contribution >= 4 is 0 Å². The third-order valence-electron chi connectivity index (χ3n) is 3.19. The maximum atomic E-state index is 12.8. The molecule has 1 atom stereocenters. The van der Waals surface area contributed by atoms with E-state index in [9.17, 15) is 9.50 Å². The number of aromatic hydroxyl groups is 1. The zero-order chi connectivity index (χ0) is 13.7. The van der Waals surface area contributed by atoms with E-state index in [-0.39, 0.29) is 11.9 Å². The number of phenolic OH excluding ortho intramolecular Hbond substituents is 1. The van der Waals surface area contributed by atoms with Crippen molar-refractivity contribution in [3.63, 3.8) is 0 Å². The first-order valence-electron chi connectivity index (χ1n) is 6.46. The van der Waals surface area contributed by atoms with Gasteiger partial charge >= 0.3 is 0 Å². The van der Waals surface area contributed by atoms with E-state index in [0.717, 1.165) is 17.5 Å². The number of halogens is 1. The first kappa shape index (κ1) is 13.6. The van der Waals surface area contributed by atoms with Gasteiger partial charge in [-0.05, 0) is 30.2 Å². The highest BCUT2D eigenvalue weighted by molar-refractivity contribution is 5.34. The minimum Gasteiger partial charge on any atom is -0.508 e. The van der Waals surface area contributed by atoms with Crippen LogP contribution in [0.3, 0.4) is 0 Å². The van der Waals surface area contributed by atoms with Crippen LogP contribution < -0.4 is 5.32 Å². The molecule has 0 aliphatic heterocycles. The Hall–Kier alpha value is -1.87. The molecule has 0 spiro atoms. The number of rotatable bonds is 5. The van der Waals surface area contributed by atoms with Crippen LogP contribution in [0, 0.1) is 5.82 Å². The largest absolute Gasteiger partial charge is 0.508 e. The van der Waals surface area contributed by atoms with E-state index in [1.807, 2.05) is 18.2 Å². The van der Waals surface area contributed by atoms with E-state index in [2.05, 4.69) is 12.2 Å². The van der Waals surface area contributed by atoms with Crippen LogP contribution in [0.4, 0.5) is 4.39 Å². The van der Waals surface area contributed by atoms with Gasteiger partial charge in [-0.25, -0.2) is 4.39 Å². The fraction of sp³-hybridized carbons (Fsp3) is 0.250. The molecule has 2 aromatic rings. The monoisotopic (exact) mass is 259 g/mol. The fourth-order valence-electron chi connectivity index (χ4n) is 2.10. The van der Waals surface area contributed by atoms with Crippen molar-refractivity contribution in [2.24, 2.45) is 0 Å². The maximum absolute atomic E-state index is 12.8. The molecule has 19 heavy (non-hydrogen) atoms. The van der Waals surface area contributed by atoms with Gasteiger partial charge in [0.2, 0.25) is 0 Å². The van der Waals surface area contributed by atoms with Crippen molar-refractivity contribution in [3.05, 3.63) is 65.5 Å². The summed E-state index contributed by atoms with van der Waals surface area (Å²) in [6, 6.07) is 13.9. The van der Waals surface area contributed by atoms with Gasteiger partial charge in [-0.1, -0.05) is 37.3 Å². The van der Waals surface area contributed by atoms with Gasteiger partial charge in [0, 0.05) is 18.2 Å². The lowest BCUT2D eigenvalue weighted by molar-refractivity contribution is 0.440. The third kappa shape index (κ3) is 3.55. The van der Waals surface area contributed by atoms with Gasteiger partial charge in [0.25, 0.3) is 0 Å². The van der Waals surface area contributed by atoms with Crippen LogP contribution in [0.15, 0.2) is 48.5 Å². The van der Waals surface area contributed by atoms with Crippen LogP contribution in [0.1, 0.15) is 30.5 Å². The van der Waals surface area contributed by atoms with Gasteiger partial charge in [0.1, 0.15) is 11.6 Å². The molecule has 1 unspecified atom stereocenters. The Kier molecular flexibility index (Phi) is 4.53. The summed E-state index contributed by atoms with van der Waals surface area (Å²) in [4.78, 5) is 0. The average Bonchev–Trinajstić information content (AvgIpc) is 2.43. The zero-order valence-electron chi connectivity index (χ0n) is 10.9. The molecule has 2 N–H and O–H groups in total. The Morgan fingerprint density at radius 1 is 1.11 bits per heavy atom. The molecule has 0 fully saturated rings. The molecule has 2 nitrogen and oxygen atoms in total. The van der Waals surface area contributed by atoms with Crippen LogP contribution >= 0.6 is 0 Å². The van der Waals surface area contributed by atoms with Crippen LogP contribution in [0.5, 0.6) is 5.75 Å². The minimum atomic E-state index is -0.225. The minimum absolute atomic E-state index is 0.0891. The van der Waals surface area contributed by atoms with Gasteiger partial charge in [-0.3, -0.25) is 0 Å². The summed E-state index contributed by atoms with van der Waals surface area (Å²) >= 11 is 0. The third-order valence-corrected chi connectivity index (χ3v) is 3.19. The maximum Gasteiger partial charge on any atom is 0.123 e. The summed E-state index contributed by atoms with van der Waals surface area (Å²) in [5.41, 5.74) is 1.92. The Morgan fingerprint density at radius 3 is 2.42 bits per heavy atom. The lowest BCUT2D eigenvalue weighted by Gasteiger charge is -2.18. The molecular weight excluding hydrogens is 241 g/mol. The Morgan fingerprint density at radius 2 is 1.79 bits per heavy atom. The van der Waals surface area contributed by atoms with E-state index in [1.165, 1.54) is 12.1 Å². The molecule has 0 saturated carbocycles. The van der Waals surface area contributed by atoms with Gasteiger partial charge in [0.15, 0.2) is 0 Å². The molecule has 3 heteroatoms. The molecule has 0 radical (unpaired) electrons. The van der Waals surface area contributed by atoms with Crippen LogP contribution in [-0.4, -0.2) is 5.11 Å². The number of phenols is 1. The van der Waals surface area contributed by atoms with Gasteiger partial charge < -0.3 is 10.4 Å². The number of hydrogen-bond acceptors (Lipinski definition) is 2. The zero-order valence-corrected chi connectivity index (χ0v) is 10.9. The summed E-state index contributed by atoms with van der Waals surface area (Å²) in [5, 5.41) is 13.2.